The lowest BCUT2D eigenvalue weighted by Gasteiger charge is -2.20. The summed E-state index contributed by atoms with van der Waals surface area (Å²) in [7, 11) is 0. The second-order valence-corrected chi connectivity index (χ2v) is 6.77. The van der Waals surface area contributed by atoms with Gasteiger partial charge in [0.05, 0.1) is 12.4 Å². The van der Waals surface area contributed by atoms with E-state index in [-0.39, 0.29) is 16.7 Å². The molecule has 0 heterocycles. The van der Waals surface area contributed by atoms with Crippen LogP contribution < -0.4 is 10.5 Å². The quantitative estimate of drug-likeness (QED) is 0.629. The number of hydrogen-bond donors (Lipinski definition) is 2. The van der Waals surface area contributed by atoms with E-state index >= 15 is 0 Å². The van der Waals surface area contributed by atoms with Crippen molar-refractivity contribution in [2.24, 2.45) is 11.1 Å². The summed E-state index contributed by atoms with van der Waals surface area (Å²) in [5.41, 5.74) is 7.10. The van der Waals surface area contributed by atoms with Crippen LogP contribution in [0.15, 0.2) is 24.3 Å². The van der Waals surface area contributed by atoms with E-state index in [1.54, 1.807) is 0 Å². The number of benzene rings is 1. The average Bonchev–Trinajstić information content (AvgIpc) is 3.05. The standard InChI is InChI=1S/C16H24N2O/c1-15(2,3)12-4-6-13(7-5-12)19-11-16(8-9-16)10-14(17)18/h4-7H,8-11H2,1-3H3,(H3,17,18). The number of nitrogens with one attached hydrogen (secondary N) is 1. The van der Waals surface area contributed by atoms with Crippen molar-refractivity contribution in [1.82, 2.24) is 0 Å². The topological polar surface area (TPSA) is 59.1 Å². The van der Waals surface area contributed by atoms with E-state index in [0.717, 1.165) is 18.6 Å². The van der Waals surface area contributed by atoms with Gasteiger partial charge in [0.25, 0.3) is 0 Å². The molecular formula is C16H24N2O. The van der Waals surface area contributed by atoms with Gasteiger partial charge in [-0.3, -0.25) is 5.41 Å². The molecular weight excluding hydrogens is 236 g/mol. The van der Waals surface area contributed by atoms with E-state index in [1.807, 2.05) is 12.1 Å². The zero-order valence-corrected chi connectivity index (χ0v) is 12.1. The Balaban J connectivity index is 1.92. The van der Waals surface area contributed by atoms with Crippen molar-refractivity contribution < 1.29 is 4.74 Å². The molecule has 0 radical (unpaired) electrons. The molecule has 0 atom stereocenters. The van der Waals surface area contributed by atoms with E-state index in [9.17, 15) is 0 Å². The molecule has 0 unspecified atom stereocenters. The lowest BCUT2D eigenvalue weighted by Crippen LogP contribution is -2.21. The van der Waals surface area contributed by atoms with Gasteiger partial charge in [-0.15, -0.1) is 0 Å². The molecule has 0 aromatic heterocycles. The highest BCUT2D eigenvalue weighted by molar-refractivity contribution is 5.78. The van der Waals surface area contributed by atoms with Crippen molar-refractivity contribution in [3.05, 3.63) is 29.8 Å². The van der Waals surface area contributed by atoms with Crippen molar-refractivity contribution in [1.29, 1.82) is 5.41 Å². The third-order valence-electron chi connectivity index (χ3n) is 3.79. The minimum absolute atomic E-state index is 0.133. The summed E-state index contributed by atoms with van der Waals surface area (Å²) in [6, 6.07) is 8.31. The highest BCUT2D eigenvalue weighted by atomic mass is 16.5. The van der Waals surface area contributed by atoms with Gasteiger partial charge in [-0.1, -0.05) is 32.9 Å². The van der Waals surface area contributed by atoms with Crippen LogP contribution in [0, 0.1) is 10.8 Å². The van der Waals surface area contributed by atoms with Crippen LogP contribution >= 0.6 is 0 Å². The number of amidine groups is 1. The zero-order chi connectivity index (χ0) is 14.1. The summed E-state index contributed by atoms with van der Waals surface area (Å²) >= 11 is 0. The Morgan fingerprint density at radius 3 is 2.26 bits per heavy atom. The molecule has 1 saturated carbocycles. The van der Waals surface area contributed by atoms with Crippen LogP contribution in [0.25, 0.3) is 0 Å². The van der Waals surface area contributed by atoms with Crippen LogP contribution in [0.4, 0.5) is 0 Å². The maximum atomic E-state index is 7.39. The van der Waals surface area contributed by atoms with Crippen molar-refractivity contribution in [2.75, 3.05) is 6.61 Å². The smallest absolute Gasteiger partial charge is 0.119 e. The summed E-state index contributed by atoms with van der Waals surface area (Å²) in [6.45, 7) is 7.28. The van der Waals surface area contributed by atoms with E-state index in [0.29, 0.717) is 13.0 Å². The van der Waals surface area contributed by atoms with Crippen molar-refractivity contribution in [3.63, 3.8) is 0 Å². The van der Waals surface area contributed by atoms with Crippen molar-refractivity contribution >= 4 is 5.84 Å². The molecule has 0 spiro atoms. The van der Waals surface area contributed by atoms with Crippen LogP contribution in [0.2, 0.25) is 0 Å². The highest BCUT2D eigenvalue weighted by Crippen LogP contribution is 2.48. The summed E-state index contributed by atoms with van der Waals surface area (Å²) in [4.78, 5) is 0. The summed E-state index contributed by atoms with van der Waals surface area (Å²) in [6.07, 6.45) is 2.90. The fourth-order valence-electron chi connectivity index (χ4n) is 2.24. The zero-order valence-electron chi connectivity index (χ0n) is 12.1. The van der Waals surface area contributed by atoms with Crippen LogP contribution in [-0.2, 0) is 5.41 Å². The molecule has 3 N–H and O–H groups in total. The Labute approximate surface area is 115 Å². The molecule has 3 heteroatoms. The van der Waals surface area contributed by atoms with Gasteiger partial charge < -0.3 is 10.5 Å². The number of ether oxygens (including phenoxy) is 1. The van der Waals surface area contributed by atoms with Gasteiger partial charge in [0.15, 0.2) is 0 Å². The van der Waals surface area contributed by atoms with Crippen LogP contribution in [0.1, 0.15) is 45.6 Å². The Bertz CT molecular complexity index is 453. The first-order valence-electron chi connectivity index (χ1n) is 6.87. The maximum Gasteiger partial charge on any atom is 0.119 e. The minimum Gasteiger partial charge on any atom is -0.493 e. The average molecular weight is 260 g/mol. The Morgan fingerprint density at radius 2 is 1.84 bits per heavy atom. The minimum atomic E-state index is 0.133. The fourth-order valence-corrected chi connectivity index (χ4v) is 2.24. The predicted octanol–water partition coefficient (Wildman–Crippen LogP) is 3.47. The van der Waals surface area contributed by atoms with Crippen molar-refractivity contribution in [2.45, 2.75) is 45.4 Å². The molecule has 1 aromatic rings. The summed E-state index contributed by atoms with van der Waals surface area (Å²) < 4.78 is 5.85. The SMILES string of the molecule is CC(C)(C)c1ccc(OCC2(CC(=N)N)CC2)cc1. The second-order valence-electron chi connectivity index (χ2n) is 6.77. The van der Waals surface area contributed by atoms with Crippen LogP contribution in [0.3, 0.4) is 0 Å². The Kier molecular flexibility index (Phi) is 3.57. The predicted molar refractivity (Wildman–Crippen MR) is 78.8 cm³/mol. The van der Waals surface area contributed by atoms with Crippen LogP contribution in [0.5, 0.6) is 5.75 Å². The third-order valence-corrected chi connectivity index (χ3v) is 3.79. The molecule has 0 amide bonds. The first-order valence-corrected chi connectivity index (χ1v) is 6.87. The fraction of sp³-hybridized carbons (Fsp3) is 0.562. The van der Waals surface area contributed by atoms with E-state index < -0.39 is 0 Å². The molecule has 2 rings (SSSR count). The highest BCUT2D eigenvalue weighted by Gasteiger charge is 2.43. The van der Waals surface area contributed by atoms with Gasteiger partial charge in [0, 0.05) is 11.8 Å². The Morgan fingerprint density at radius 1 is 1.26 bits per heavy atom. The molecule has 19 heavy (non-hydrogen) atoms. The Hall–Kier alpha value is -1.51. The molecule has 1 aliphatic carbocycles. The lowest BCUT2D eigenvalue weighted by molar-refractivity contribution is 0.238. The second kappa shape index (κ2) is 4.87. The van der Waals surface area contributed by atoms with Gasteiger partial charge >= 0.3 is 0 Å². The summed E-state index contributed by atoms with van der Waals surface area (Å²) in [5.74, 6) is 1.17. The van der Waals surface area contributed by atoms with E-state index in [4.69, 9.17) is 15.9 Å². The van der Waals surface area contributed by atoms with Gasteiger partial charge in [-0.25, -0.2) is 0 Å². The lowest BCUT2D eigenvalue weighted by atomic mass is 9.87. The molecule has 104 valence electrons. The third kappa shape index (κ3) is 3.72. The first kappa shape index (κ1) is 13.9. The molecule has 1 fully saturated rings. The molecule has 0 aliphatic heterocycles. The first-order chi connectivity index (χ1) is 8.81. The molecule has 1 aliphatic rings. The van der Waals surface area contributed by atoms with Gasteiger partial charge in [0.2, 0.25) is 0 Å². The number of hydrogen-bond acceptors (Lipinski definition) is 2. The molecule has 3 nitrogen and oxygen atoms in total. The van der Waals surface area contributed by atoms with E-state index in [1.165, 1.54) is 5.56 Å². The maximum absolute atomic E-state index is 7.39. The van der Waals surface area contributed by atoms with Gasteiger partial charge in [0.1, 0.15) is 5.75 Å². The molecule has 0 bridgehead atoms. The van der Waals surface area contributed by atoms with Crippen molar-refractivity contribution in [3.8, 4) is 5.75 Å². The summed E-state index contributed by atoms with van der Waals surface area (Å²) in [5, 5.41) is 7.39. The van der Waals surface area contributed by atoms with Gasteiger partial charge in [-0.2, -0.15) is 0 Å². The number of rotatable bonds is 5. The molecule has 0 saturated heterocycles. The van der Waals surface area contributed by atoms with Crippen LogP contribution in [-0.4, -0.2) is 12.4 Å². The molecule has 1 aromatic carbocycles. The normalized spacial score (nSPS) is 17.0. The number of nitrogens with two attached hydrogens (primary N) is 1. The van der Waals surface area contributed by atoms with Gasteiger partial charge in [-0.05, 0) is 36.0 Å². The monoisotopic (exact) mass is 260 g/mol. The largest absolute Gasteiger partial charge is 0.493 e. The van der Waals surface area contributed by atoms with E-state index in [2.05, 4.69) is 32.9 Å².